The highest BCUT2D eigenvalue weighted by Crippen LogP contribution is 2.56. The van der Waals surface area contributed by atoms with Gasteiger partial charge in [0, 0.05) is 22.6 Å². The van der Waals surface area contributed by atoms with Gasteiger partial charge in [-0.1, -0.05) is 43.1 Å². The Morgan fingerprint density at radius 1 is 1.23 bits per heavy atom. The second-order valence-electron chi connectivity index (χ2n) is 7.69. The van der Waals surface area contributed by atoms with Gasteiger partial charge in [-0.3, -0.25) is 18.9 Å². The van der Waals surface area contributed by atoms with E-state index in [0.29, 0.717) is 28.5 Å². The number of rotatable bonds is 10. The van der Waals surface area contributed by atoms with Crippen molar-refractivity contribution in [1.29, 1.82) is 0 Å². The van der Waals surface area contributed by atoms with E-state index < -0.39 is 42.4 Å². The van der Waals surface area contributed by atoms with E-state index >= 15 is 0 Å². The van der Waals surface area contributed by atoms with Crippen LogP contribution in [0.4, 0.5) is 0 Å². The molecule has 0 heterocycles. The van der Waals surface area contributed by atoms with Crippen molar-refractivity contribution in [3.05, 3.63) is 33.8 Å². The van der Waals surface area contributed by atoms with Crippen LogP contribution in [0.3, 0.4) is 0 Å². The Bertz CT molecular complexity index is 911. The van der Waals surface area contributed by atoms with E-state index in [4.69, 9.17) is 23.2 Å². The molecule has 172 valence electrons. The number of Topliss-reactive ketones (excluding diaryl/α,β-unsaturated/α-hetero) is 1. The summed E-state index contributed by atoms with van der Waals surface area (Å²) in [4.78, 5) is 59.9. The van der Waals surface area contributed by atoms with Crippen LogP contribution < -0.4 is 5.32 Å². The summed E-state index contributed by atoms with van der Waals surface area (Å²) in [5, 5.41) is 1.39. The van der Waals surface area contributed by atoms with Crippen LogP contribution in [0.2, 0.25) is 10.0 Å². The van der Waals surface area contributed by atoms with E-state index in [9.17, 15) is 28.7 Å². The molecule has 1 saturated carbocycles. The fraction of sp³-hybridized carbons (Fsp3) is 0.550. The first-order valence-corrected chi connectivity index (χ1v) is 12.4. The highest BCUT2D eigenvalue weighted by Gasteiger charge is 2.56. The number of ketones is 1. The Balaban J connectivity index is 2.35. The molecule has 1 aromatic rings. The molecule has 8 nitrogen and oxygen atoms in total. The summed E-state index contributed by atoms with van der Waals surface area (Å²) in [5.74, 6) is -2.19. The third-order valence-electron chi connectivity index (χ3n) is 5.68. The van der Waals surface area contributed by atoms with Crippen LogP contribution in [-0.4, -0.2) is 49.5 Å². The fourth-order valence-corrected chi connectivity index (χ4v) is 5.29. The summed E-state index contributed by atoms with van der Waals surface area (Å²) in [6.45, 7) is 4.20. The molecule has 0 spiro atoms. The van der Waals surface area contributed by atoms with Gasteiger partial charge in [0.25, 0.3) is 5.91 Å². The smallest absolute Gasteiger partial charge is 0.340 e. The monoisotopic (exact) mass is 492 g/mol. The number of amides is 2. The van der Waals surface area contributed by atoms with Crippen LogP contribution >= 0.6 is 30.8 Å². The number of hydrogen-bond acceptors (Lipinski definition) is 4. The van der Waals surface area contributed by atoms with Crippen LogP contribution in [0.15, 0.2) is 18.2 Å². The Kier molecular flexibility index (Phi) is 8.33. The van der Waals surface area contributed by atoms with Crippen molar-refractivity contribution in [3.63, 3.8) is 0 Å². The second-order valence-corrected chi connectivity index (χ2v) is 10.5. The maximum atomic E-state index is 13.4. The van der Waals surface area contributed by atoms with Gasteiger partial charge in [-0.2, -0.15) is 0 Å². The summed E-state index contributed by atoms with van der Waals surface area (Å²) >= 11 is 12.0. The van der Waals surface area contributed by atoms with Gasteiger partial charge < -0.3 is 20.0 Å². The summed E-state index contributed by atoms with van der Waals surface area (Å²) < 4.78 is 12.3. The number of hydrogen-bond donors (Lipinski definition) is 3. The Morgan fingerprint density at radius 2 is 1.81 bits per heavy atom. The lowest BCUT2D eigenvalue weighted by Crippen LogP contribution is -2.59. The molecule has 1 aromatic carbocycles. The first kappa shape index (κ1) is 25.8. The molecule has 1 atom stereocenters. The van der Waals surface area contributed by atoms with Gasteiger partial charge >= 0.3 is 7.60 Å². The minimum absolute atomic E-state index is 0.00347. The van der Waals surface area contributed by atoms with Crippen LogP contribution in [0.1, 0.15) is 52.0 Å². The van der Waals surface area contributed by atoms with Gasteiger partial charge in [0.1, 0.15) is 5.16 Å². The average Bonchev–Trinajstić information content (AvgIpc) is 3.49. The lowest BCUT2D eigenvalue weighted by atomic mass is 9.98. The van der Waals surface area contributed by atoms with Gasteiger partial charge in [-0.15, -0.1) is 0 Å². The van der Waals surface area contributed by atoms with Crippen LogP contribution in [0.25, 0.3) is 0 Å². The molecule has 2 rings (SSSR count). The Labute approximate surface area is 191 Å². The SMILES string of the molecule is CCC(CC)(C(=O)N(C1CC1)C(C(C)=O)C(=O)NCc1ccc(Cl)cc1Cl)P(=O)(O)O. The third-order valence-corrected chi connectivity index (χ3v) is 8.21. The number of nitrogens with zero attached hydrogens (tertiary/aromatic N) is 1. The summed E-state index contributed by atoms with van der Waals surface area (Å²) in [5.41, 5.74) is 0.567. The van der Waals surface area contributed by atoms with Crippen LogP contribution in [-0.2, 0) is 25.5 Å². The molecule has 2 amide bonds. The Hall–Kier alpha value is -1.44. The predicted molar refractivity (Wildman–Crippen MR) is 118 cm³/mol. The highest BCUT2D eigenvalue weighted by atomic mass is 35.5. The molecule has 1 unspecified atom stereocenters. The van der Waals surface area contributed by atoms with Crippen molar-refractivity contribution in [2.45, 2.75) is 70.2 Å². The molecule has 0 radical (unpaired) electrons. The minimum atomic E-state index is -4.87. The summed E-state index contributed by atoms with van der Waals surface area (Å²) in [6, 6.07) is 2.84. The lowest BCUT2D eigenvalue weighted by molar-refractivity contribution is -0.148. The Morgan fingerprint density at radius 3 is 2.23 bits per heavy atom. The fourth-order valence-electron chi connectivity index (χ4n) is 3.63. The third kappa shape index (κ3) is 5.49. The molecule has 0 saturated heterocycles. The largest absolute Gasteiger partial charge is 0.350 e. The van der Waals surface area contributed by atoms with Crippen LogP contribution in [0.5, 0.6) is 0 Å². The standard InChI is InChI=1S/C20H27Cl2N2O6P/c1-4-20(5-2,31(28,29)30)19(27)24(15-8-9-15)17(12(3)25)18(26)23-11-13-6-7-14(21)10-16(13)22/h6-7,10,15,17H,4-5,8-9,11H2,1-3H3,(H,23,26)(H2,28,29,30). The summed E-state index contributed by atoms with van der Waals surface area (Å²) in [6.07, 6.45) is 0.859. The van der Waals surface area contributed by atoms with E-state index in [-0.39, 0.29) is 19.4 Å². The van der Waals surface area contributed by atoms with E-state index in [2.05, 4.69) is 5.32 Å². The van der Waals surface area contributed by atoms with Crippen molar-refractivity contribution < 1.29 is 28.7 Å². The van der Waals surface area contributed by atoms with E-state index in [0.717, 1.165) is 4.90 Å². The van der Waals surface area contributed by atoms with Crippen LogP contribution in [0, 0.1) is 0 Å². The zero-order valence-corrected chi connectivity index (χ0v) is 20.0. The number of nitrogens with one attached hydrogen (secondary N) is 1. The summed E-state index contributed by atoms with van der Waals surface area (Å²) in [7, 11) is -4.87. The quantitative estimate of drug-likeness (QED) is 0.340. The van der Waals surface area contributed by atoms with E-state index in [1.54, 1.807) is 12.1 Å². The number of carbonyl (C=O) groups excluding carboxylic acids is 3. The molecule has 0 aliphatic heterocycles. The maximum absolute atomic E-state index is 13.4. The van der Waals surface area contributed by atoms with Gasteiger partial charge in [0.15, 0.2) is 11.8 Å². The number of halogens is 2. The normalized spacial score (nSPS) is 15.3. The molecule has 1 aliphatic carbocycles. The van der Waals surface area contributed by atoms with Crippen molar-refractivity contribution in [2.24, 2.45) is 0 Å². The number of benzene rings is 1. The molecule has 31 heavy (non-hydrogen) atoms. The maximum Gasteiger partial charge on any atom is 0.340 e. The first-order valence-electron chi connectivity index (χ1n) is 10.00. The molecular formula is C20H27Cl2N2O6P. The van der Waals surface area contributed by atoms with E-state index in [1.165, 1.54) is 26.8 Å². The molecule has 0 bridgehead atoms. The van der Waals surface area contributed by atoms with Gasteiger partial charge in [0.05, 0.1) is 0 Å². The van der Waals surface area contributed by atoms with Gasteiger partial charge in [0.2, 0.25) is 5.91 Å². The zero-order chi connectivity index (χ0) is 23.6. The first-order chi connectivity index (χ1) is 14.4. The van der Waals surface area contributed by atoms with Crippen molar-refractivity contribution in [2.75, 3.05) is 0 Å². The zero-order valence-electron chi connectivity index (χ0n) is 17.6. The highest BCUT2D eigenvalue weighted by molar-refractivity contribution is 7.54. The lowest BCUT2D eigenvalue weighted by Gasteiger charge is -2.39. The van der Waals surface area contributed by atoms with E-state index in [1.807, 2.05) is 0 Å². The van der Waals surface area contributed by atoms with Crippen molar-refractivity contribution >= 4 is 48.4 Å². The van der Waals surface area contributed by atoms with Crippen molar-refractivity contribution in [1.82, 2.24) is 10.2 Å². The van der Waals surface area contributed by atoms with Crippen molar-refractivity contribution in [3.8, 4) is 0 Å². The topological polar surface area (TPSA) is 124 Å². The van der Waals surface area contributed by atoms with Gasteiger partial charge in [-0.05, 0) is 50.3 Å². The molecule has 0 aromatic heterocycles. The number of carbonyl (C=O) groups is 3. The molecule has 1 fully saturated rings. The second kappa shape index (κ2) is 10.0. The molecule has 11 heteroatoms. The molecular weight excluding hydrogens is 466 g/mol. The molecule has 3 N–H and O–H groups in total. The predicted octanol–water partition coefficient (Wildman–Crippen LogP) is 3.29. The van der Waals surface area contributed by atoms with Gasteiger partial charge in [-0.25, -0.2) is 0 Å². The average molecular weight is 493 g/mol. The molecule has 1 aliphatic rings. The minimum Gasteiger partial charge on any atom is -0.350 e.